The summed E-state index contributed by atoms with van der Waals surface area (Å²) in [5.74, 6) is 0. The maximum atomic E-state index is 8.52. The summed E-state index contributed by atoms with van der Waals surface area (Å²) in [6, 6.07) is 0. The van der Waals surface area contributed by atoms with Crippen molar-refractivity contribution in [3.63, 3.8) is 0 Å². The third-order valence-electron chi connectivity index (χ3n) is 0. The fraction of sp³-hybridized carbons (Fsp3) is 0. The zero-order valence-corrected chi connectivity index (χ0v) is 23.6. The van der Waals surface area contributed by atoms with Crippen LogP contribution in [0.2, 0.25) is 0 Å². The number of rotatable bonds is 0. The van der Waals surface area contributed by atoms with Gasteiger partial charge in [0.25, 0.3) is 0 Å². The standard InChI is InChI=1S/5Cr.5H2O4S.2H2O/c;;;;;5*1-5(2,3)4;;/h;;;;;5*(H2,1,2,3,4);2*1H2/q5*+2;;;;;;;/p-12. The molecule has 0 amide bonds. The van der Waals surface area contributed by atoms with Crippen LogP contribution in [0.5, 0.6) is 0 Å². The van der Waals surface area contributed by atoms with Crippen molar-refractivity contribution < 1.29 is 185 Å². The van der Waals surface area contributed by atoms with Crippen LogP contribution in [0.25, 0.3) is 0 Å². The zero-order valence-electron chi connectivity index (χ0n) is 13.1. The van der Waals surface area contributed by atoms with Gasteiger partial charge in [-0.25, -0.2) is 0 Å². The quantitative estimate of drug-likeness (QED) is 0.163. The number of hydrogen-bond donors (Lipinski definition) is 0. The average molecular weight is 774 g/mol. The first-order valence-corrected chi connectivity index (χ1v) is 10.0. The Kier molecular flexibility index (Phi) is 78.7. The fourth-order valence-corrected chi connectivity index (χ4v) is 0. The molecule has 0 saturated heterocycles. The van der Waals surface area contributed by atoms with Gasteiger partial charge in [0.05, 0.1) is 0 Å². The fourth-order valence-electron chi connectivity index (χ4n) is 0. The third kappa shape index (κ3) is 8180. The molecule has 0 fully saturated rings. The Labute approximate surface area is 235 Å². The molecule has 0 rings (SSSR count). The van der Waals surface area contributed by atoms with Crippen molar-refractivity contribution in [2.75, 3.05) is 0 Å². The summed E-state index contributed by atoms with van der Waals surface area (Å²) >= 11 is 0. The molecule has 32 heavy (non-hydrogen) atoms. The SMILES string of the molecule is O=S(=O)([O-])[O-].O=S(=O)([O-])[O-].O=S(=O)([O-])[O-].O=S(=O)([O-])[O-].O=S(=O)([O-])[O-].[Cr+2].[Cr+2].[Cr+2].[Cr+2].[Cr+2].[OH-].[OH-]. The Hall–Kier alpha value is 1.93. The molecule has 0 heterocycles. The van der Waals surface area contributed by atoms with E-state index >= 15 is 0 Å². The van der Waals surface area contributed by atoms with Crippen LogP contribution in [0.3, 0.4) is 0 Å². The molecule has 0 aliphatic carbocycles. The van der Waals surface area contributed by atoms with E-state index in [4.69, 9.17) is 87.6 Å². The molecule has 0 atom stereocenters. The van der Waals surface area contributed by atoms with E-state index < -0.39 is 52.0 Å². The first-order valence-electron chi connectivity index (χ1n) is 3.33. The Balaban J connectivity index is -0.0000000148. The average Bonchev–Trinajstić information content (AvgIpc) is 1.79. The summed E-state index contributed by atoms with van der Waals surface area (Å²) in [6.07, 6.45) is 0. The smallest absolute Gasteiger partial charge is 0.870 e. The van der Waals surface area contributed by atoms with Gasteiger partial charge in [0.1, 0.15) is 0 Å². The van der Waals surface area contributed by atoms with Crippen LogP contribution in [-0.4, -0.2) is 98.6 Å². The van der Waals surface area contributed by atoms with Gasteiger partial charge in [-0.05, 0) is 0 Å². The normalized spacial score (nSPS) is 9.06. The van der Waals surface area contributed by atoms with E-state index in [2.05, 4.69) is 0 Å². The molecule has 0 aromatic heterocycles. The Morgan fingerprint density at radius 3 is 0.250 bits per heavy atom. The summed E-state index contributed by atoms with van der Waals surface area (Å²) in [5, 5.41) is 0. The topological polar surface area (TPSA) is 461 Å². The summed E-state index contributed by atoms with van der Waals surface area (Å²) in [6.45, 7) is 0. The molecular weight excluding hydrogens is 772 g/mol. The number of hydrogen-bond acceptors (Lipinski definition) is 22. The summed E-state index contributed by atoms with van der Waals surface area (Å²) in [7, 11) is -25.8. The van der Waals surface area contributed by atoms with Gasteiger partial charge >= 0.3 is 86.8 Å². The molecule has 22 nitrogen and oxygen atoms in total. The van der Waals surface area contributed by atoms with Gasteiger partial charge in [0, 0.05) is 52.0 Å². The Bertz CT molecular complexity index is 629. The Morgan fingerprint density at radius 1 is 0.250 bits per heavy atom. The van der Waals surface area contributed by atoms with Crippen molar-refractivity contribution in [3.05, 3.63) is 0 Å². The largest absolute Gasteiger partial charge is 2.00 e. The molecule has 0 saturated carbocycles. The van der Waals surface area contributed by atoms with Crippen molar-refractivity contribution in [3.8, 4) is 0 Å². The van der Waals surface area contributed by atoms with Gasteiger partial charge < -0.3 is 56.5 Å². The Morgan fingerprint density at radius 2 is 0.250 bits per heavy atom. The van der Waals surface area contributed by atoms with Gasteiger partial charge in [0.15, 0.2) is 0 Å². The molecule has 2 N–H and O–H groups in total. The van der Waals surface area contributed by atoms with E-state index in [9.17, 15) is 0 Å². The monoisotopic (exact) mass is 773 g/mol. The maximum Gasteiger partial charge on any atom is 2.00 e. The van der Waals surface area contributed by atoms with Crippen molar-refractivity contribution in [2.45, 2.75) is 0 Å². The van der Waals surface area contributed by atoms with E-state index in [0.717, 1.165) is 0 Å². The van der Waals surface area contributed by atoms with Crippen molar-refractivity contribution in [1.82, 2.24) is 0 Å². The molecule has 0 aromatic carbocycles. The minimum atomic E-state index is -5.17. The van der Waals surface area contributed by atoms with Crippen LogP contribution in [0.1, 0.15) is 0 Å². The van der Waals surface area contributed by atoms with Crippen LogP contribution in [0.4, 0.5) is 0 Å². The van der Waals surface area contributed by atoms with Crippen LogP contribution >= 0.6 is 0 Å². The second-order valence-corrected chi connectivity index (χ2v) is 6.12. The van der Waals surface area contributed by atoms with E-state index in [1.807, 2.05) is 0 Å². The van der Waals surface area contributed by atoms with Crippen LogP contribution in [0.15, 0.2) is 0 Å². The molecule has 32 heteroatoms. The summed E-state index contributed by atoms with van der Waals surface area (Å²) in [5.41, 5.74) is 0. The molecule has 0 bridgehead atoms. The van der Waals surface area contributed by atoms with Crippen molar-refractivity contribution in [1.29, 1.82) is 0 Å². The van der Waals surface area contributed by atoms with E-state index in [0.29, 0.717) is 0 Å². The minimum absolute atomic E-state index is 0. The van der Waals surface area contributed by atoms with Gasteiger partial charge in [-0.15, -0.1) is 0 Å². The molecule has 0 aromatic rings. The third-order valence-corrected chi connectivity index (χ3v) is 0. The van der Waals surface area contributed by atoms with Crippen LogP contribution in [0, 0.1) is 0 Å². The molecule has 0 unspecified atom stereocenters. The summed E-state index contributed by atoms with van der Waals surface area (Å²) in [4.78, 5) is 0. The van der Waals surface area contributed by atoms with E-state index in [1.54, 1.807) is 0 Å². The molecule has 0 aliphatic rings. The van der Waals surface area contributed by atoms with Gasteiger partial charge in [-0.1, -0.05) is 0 Å². The zero-order chi connectivity index (χ0) is 22.5. The van der Waals surface area contributed by atoms with Gasteiger partial charge in [-0.2, -0.15) is 0 Å². The molecule has 196 valence electrons. The van der Waals surface area contributed by atoms with Gasteiger partial charge in [-0.3, -0.25) is 42.1 Å². The maximum absolute atomic E-state index is 8.52. The molecule has 0 radical (unpaired) electrons. The predicted molar refractivity (Wildman–Crippen MR) is 56.2 cm³/mol. The van der Waals surface area contributed by atoms with Gasteiger partial charge in [0.2, 0.25) is 0 Å². The van der Waals surface area contributed by atoms with Crippen molar-refractivity contribution in [2.24, 2.45) is 0 Å². The minimum Gasteiger partial charge on any atom is -0.870 e. The second-order valence-electron chi connectivity index (χ2n) is 2.04. The summed E-state index contributed by atoms with van der Waals surface area (Å²) < 4.78 is 170. The first-order chi connectivity index (χ1) is 10.0. The first kappa shape index (κ1) is 76.5. The van der Waals surface area contributed by atoms with Crippen LogP contribution in [-0.2, 0) is 139 Å². The van der Waals surface area contributed by atoms with E-state index in [-0.39, 0.29) is 97.8 Å². The predicted octanol–water partition coefficient (Wildman–Crippen LogP) is -7.06. The molecule has 0 spiro atoms. The molecule has 0 aliphatic heterocycles. The van der Waals surface area contributed by atoms with Crippen LogP contribution < -0.4 is 0 Å². The second kappa shape index (κ2) is 32.9. The van der Waals surface area contributed by atoms with E-state index in [1.165, 1.54) is 0 Å². The van der Waals surface area contributed by atoms with Crippen molar-refractivity contribution >= 4 is 52.0 Å². The molecular formula is H2Cr5O22S5-2.